The number of hydrogen-bond acceptors (Lipinski definition) is 6. The molecule has 2 aromatic heterocycles. The monoisotopic (exact) mass is 292 g/mol. The molecule has 0 bridgehead atoms. The van der Waals surface area contributed by atoms with Crippen LogP contribution in [0.1, 0.15) is 18.7 Å². The third-order valence-electron chi connectivity index (χ3n) is 3.48. The van der Waals surface area contributed by atoms with E-state index in [9.17, 15) is 0 Å². The summed E-state index contributed by atoms with van der Waals surface area (Å²) in [5.41, 5.74) is 5.95. The highest BCUT2D eigenvalue weighted by atomic mass is 32.1. The summed E-state index contributed by atoms with van der Waals surface area (Å²) in [4.78, 5) is 12.0. The Kier molecular flexibility index (Phi) is 4.14. The molecule has 1 aliphatic rings. The number of likely N-dealkylation sites (N-methyl/N-ethyl adjacent to an activating group) is 1. The van der Waals surface area contributed by atoms with Gasteiger partial charge in [0.25, 0.3) is 0 Å². The first kappa shape index (κ1) is 13.7. The van der Waals surface area contributed by atoms with E-state index in [1.807, 2.05) is 11.4 Å². The largest absolute Gasteiger partial charge is 0.383 e. The zero-order valence-electron chi connectivity index (χ0n) is 11.7. The quantitative estimate of drug-likeness (QED) is 0.792. The van der Waals surface area contributed by atoms with Crippen molar-refractivity contribution in [2.75, 3.05) is 32.5 Å². The number of anilines is 1. The lowest BCUT2D eigenvalue weighted by Gasteiger charge is -2.15. The molecular weight excluding hydrogens is 272 g/mol. The molecule has 0 unspecified atom stereocenters. The van der Waals surface area contributed by atoms with Crippen LogP contribution in [0.3, 0.4) is 0 Å². The van der Waals surface area contributed by atoms with Crippen LogP contribution in [0, 0.1) is 5.92 Å². The number of nitrogens with zero attached hydrogens (tertiary/aromatic N) is 3. The highest BCUT2D eigenvalue weighted by Gasteiger charge is 2.21. The summed E-state index contributed by atoms with van der Waals surface area (Å²) < 4.78 is 5.64. The van der Waals surface area contributed by atoms with Gasteiger partial charge in [-0.3, -0.25) is 4.90 Å². The van der Waals surface area contributed by atoms with Crippen molar-refractivity contribution in [1.82, 2.24) is 14.9 Å². The van der Waals surface area contributed by atoms with Gasteiger partial charge in [0.15, 0.2) is 0 Å². The Hall–Kier alpha value is -1.24. The van der Waals surface area contributed by atoms with Gasteiger partial charge in [-0.15, -0.1) is 11.3 Å². The predicted octanol–water partition coefficient (Wildman–Crippen LogP) is 2.13. The van der Waals surface area contributed by atoms with Crippen molar-refractivity contribution in [2.24, 2.45) is 5.92 Å². The zero-order valence-corrected chi connectivity index (χ0v) is 12.5. The number of rotatable bonds is 7. The second-order valence-corrected chi connectivity index (χ2v) is 6.32. The second-order valence-electron chi connectivity index (χ2n) is 5.42. The highest BCUT2D eigenvalue weighted by molar-refractivity contribution is 7.16. The molecule has 5 nitrogen and oxygen atoms in total. The standard InChI is InChI=1S/C14H20N4OS/c1-18(5-6-19-9-10-2-3-10)8-12-16-13(15)11-4-7-20-14(11)17-12/h4,7,10H,2-3,5-6,8-9H2,1H3,(H2,15,16,17). The van der Waals surface area contributed by atoms with Crippen LogP contribution in [0.5, 0.6) is 0 Å². The summed E-state index contributed by atoms with van der Waals surface area (Å²) in [5.74, 6) is 2.18. The maximum absolute atomic E-state index is 5.95. The van der Waals surface area contributed by atoms with E-state index >= 15 is 0 Å². The van der Waals surface area contributed by atoms with Crippen molar-refractivity contribution in [3.63, 3.8) is 0 Å². The first-order valence-corrected chi connectivity index (χ1v) is 7.86. The fourth-order valence-electron chi connectivity index (χ4n) is 2.07. The SMILES string of the molecule is CN(CCOCC1CC1)Cc1nc(N)c2ccsc2n1. The average Bonchev–Trinajstić information content (AvgIpc) is 3.11. The van der Waals surface area contributed by atoms with Gasteiger partial charge in [0, 0.05) is 13.2 Å². The number of nitrogen functional groups attached to an aromatic ring is 1. The fraction of sp³-hybridized carbons (Fsp3) is 0.571. The van der Waals surface area contributed by atoms with Crippen LogP contribution >= 0.6 is 11.3 Å². The molecule has 1 aliphatic carbocycles. The molecule has 1 saturated carbocycles. The van der Waals surface area contributed by atoms with Gasteiger partial charge in [-0.05, 0) is 37.3 Å². The Labute approximate surface area is 122 Å². The van der Waals surface area contributed by atoms with E-state index in [1.165, 1.54) is 12.8 Å². The fourth-order valence-corrected chi connectivity index (χ4v) is 2.86. The number of fused-ring (bicyclic) bond motifs is 1. The van der Waals surface area contributed by atoms with Crippen LogP contribution in [-0.2, 0) is 11.3 Å². The Bertz CT molecular complexity index is 582. The molecule has 0 aromatic carbocycles. The summed E-state index contributed by atoms with van der Waals surface area (Å²) in [5, 5.41) is 2.95. The van der Waals surface area contributed by atoms with Gasteiger partial charge < -0.3 is 10.5 Å². The van der Waals surface area contributed by atoms with Gasteiger partial charge in [-0.25, -0.2) is 9.97 Å². The zero-order chi connectivity index (χ0) is 13.9. The van der Waals surface area contributed by atoms with E-state index in [-0.39, 0.29) is 0 Å². The van der Waals surface area contributed by atoms with Crippen molar-refractivity contribution in [1.29, 1.82) is 0 Å². The Morgan fingerprint density at radius 2 is 2.30 bits per heavy atom. The van der Waals surface area contributed by atoms with Gasteiger partial charge in [-0.2, -0.15) is 0 Å². The smallest absolute Gasteiger partial charge is 0.146 e. The van der Waals surface area contributed by atoms with Crippen molar-refractivity contribution in [2.45, 2.75) is 19.4 Å². The average molecular weight is 292 g/mol. The number of nitrogens with two attached hydrogens (primary N) is 1. The van der Waals surface area contributed by atoms with Crippen LogP contribution in [0.25, 0.3) is 10.2 Å². The van der Waals surface area contributed by atoms with Crippen molar-refractivity contribution in [3.05, 3.63) is 17.3 Å². The van der Waals surface area contributed by atoms with E-state index < -0.39 is 0 Å². The Morgan fingerprint density at radius 1 is 1.45 bits per heavy atom. The molecule has 20 heavy (non-hydrogen) atoms. The van der Waals surface area contributed by atoms with Crippen molar-refractivity contribution < 1.29 is 4.74 Å². The topological polar surface area (TPSA) is 64.3 Å². The molecule has 0 aliphatic heterocycles. The number of hydrogen-bond donors (Lipinski definition) is 1. The molecule has 0 saturated heterocycles. The maximum atomic E-state index is 5.95. The van der Waals surface area contributed by atoms with Crippen LogP contribution < -0.4 is 5.73 Å². The van der Waals surface area contributed by atoms with E-state index in [0.717, 1.165) is 41.7 Å². The lowest BCUT2D eigenvalue weighted by atomic mass is 10.3. The minimum Gasteiger partial charge on any atom is -0.383 e. The number of ether oxygens (including phenoxy) is 1. The van der Waals surface area contributed by atoms with Crippen molar-refractivity contribution in [3.8, 4) is 0 Å². The molecule has 0 spiro atoms. The van der Waals surface area contributed by atoms with Crippen LogP contribution in [-0.4, -0.2) is 41.7 Å². The second kappa shape index (κ2) is 6.03. The molecule has 2 heterocycles. The molecule has 0 radical (unpaired) electrons. The Balaban J connectivity index is 1.51. The third-order valence-corrected chi connectivity index (χ3v) is 4.29. The molecule has 2 aromatic rings. The van der Waals surface area contributed by atoms with Crippen LogP contribution in [0.15, 0.2) is 11.4 Å². The summed E-state index contributed by atoms with van der Waals surface area (Å²) in [6, 6.07) is 1.97. The van der Waals surface area contributed by atoms with E-state index in [2.05, 4.69) is 21.9 Å². The molecule has 0 atom stereocenters. The van der Waals surface area contributed by atoms with Gasteiger partial charge in [0.05, 0.1) is 18.5 Å². The Morgan fingerprint density at radius 3 is 3.10 bits per heavy atom. The predicted molar refractivity (Wildman–Crippen MR) is 81.7 cm³/mol. The third kappa shape index (κ3) is 3.45. The van der Waals surface area contributed by atoms with E-state index in [1.54, 1.807) is 11.3 Å². The summed E-state index contributed by atoms with van der Waals surface area (Å²) in [6.45, 7) is 3.27. The molecule has 1 fully saturated rings. The molecule has 0 amide bonds. The lowest BCUT2D eigenvalue weighted by molar-refractivity contribution is 0.101. The summed E-state index contributed by atoms with van der Waals surface area (Å²) >= 11 is 1.60. The van der Waals surface area contributed by atoms with Gasteiger partial charge in [-0.1, -0.05) is 0 Å². The lowest BCUT2D eigenvalue weighted by Crippen LogP contribution is -2.24. The van der Waals surface area contributed by atoms with Crippen LogP contribution in [0.2, 0.25) is 0 Å². The molecular formula is C14H20N4OS. The highest BCUT2D eigenvalue weighted by Crippen LogP contribution is 2.28. The molecule has 3 rings (SSSR count). The summed E-state index contributed by atoms with van der Waals surface area (Å²) in [7, 11) is 2.05. The van der Waals surface area contributed by atoms with Gasteiger partial charge >= 0.3 is 0 Å². The first-order chi connectivity index (χ1) is 9.72. The van der Waals surface area contributed by atoms with E-state index in [4.69, 9.17) is 10.5 Å². The molecule has 2 N–H and O–H groups in total. The first-order valence-electron chi connectivity index (χ1n) is 6.98. The maximum Gasteiger partial charge on any atom is 0.146 e. The minimum absolute atomic E-state index is 0.574. The van der Waals surface area contributed by atoms with Crippen LogP contribution in [0.4, 0.5) is 5.82 Å². The normalized spacial score (nSPS) is 15.3. The van der Waals surface area contributed by atoms with Gasteiger partial charge in [0.2, 0.25) is 0 Å². The van der Waals surface area contributed by atoms with Crippen molar-refractivity contribution >= 4 is 27.4 Å². The molecule has 6 heteroatoms. The summed E-state index contributed by atoms with van der Waals surface area (Å²) in [6.07, 6.45) is 2.67. The number of thiophene rings is 1. The van der Waals surface area contributed by atoms with E-state index in [0.29, 0.717) is 12.4 Å². The van der Waals surface area contributed by atoms with Gasteiger partial charge in [0.1, 0.15) is 16.5 Å². The molecule has 108 valence electrons. The number of aromatic nitrogens is 2. The minimum atomic E-state index is 0.574.